The molecule has 0 bridgehead atoms. The fraction of sp³-hybridized carbons (Fsp3) is 0.667. The largest absolute Gasteiger partial charge is 0.467 e. The predicted octanol–water partition coefficient (Wildman–Crippen LogP) is 5.11. The number of piperidine rings is 1. The zero-order valence-electron chi connectivity index (χ0n) is 19.1. The van der Waals surface area contributed by atoms with Gasteiger partial charge in [-0.2, -0.15) is 0 Å². The minimum Gasteiger partial charge on any atom is -0.467 e. The summed E-state index contributed by atoms with van der Waals surface area (Å²) in [5, 5.41) is 0. The number of benzene rings is 1. The molecule has 162 valence electrons. The number of likely N-dealkylation sites (tertiary alicyclic amines) is 1. The summed E-state index contributed by atoms with van der Waals surface area (Å²) >= 11 is 0. The van der Waals surface area contributed by atoms with Crippen LogP contribution in [0.1, 0.15) is 71.9 Å². The van der Waals surface area contributed by atoms with Gasteiger partial charge in [-0.05, 0) is 68.9 Å². The molecule has 2 atom stereocenters. The fourth-order valence-corrected chi connectivity index (χ4v) is 3.74. The smallest absolute Gasteiger partial charge is 0.411 e. The standard InChI is InChI=1S/C24H37NO4/c1-23(2,3)19-12-10-17(11-13-19)8-9-18-14-15-25(20(16-18)21(26)28-7)22(27)29-24(4,5)6/h10-13,18,20H,8-9,14-16H2,1-7H3. The van der Waals surface area contributed by atoms with Crippen LogP contribution in [0.4, 0.5) is 4.79 Å². The first-order valence-corrected chi connectivity index (χ1v) is 10.6. The Labute approximate surface area is 175 Å². The maximum atomic E-state index is 12.5. The Morgan fingerprint density at radius 2 is 1.69 bits per heavy atom. The number of carbonyl (C=O) groups is 2. The molecule has 0 N–H and O–H groups in total. The first-order valence-electron chi connectivity index (χ1n) is 10.6. The highest BCUT2D eigenvalue weighted by Crippen LogP contribution is 2.29. The van der Waals surface area contributed by atoms with E-state index >= 15 is 0 Å². The molecule has 0 aromatic heterocycles. The summed E-state index contributed by atoms with van der Waals surface area (Å²) in [6.45, 7) is 12.7. The average Bonchev–Trinajstić information content (AvgIpc) is 2.63. The van der Waals surface area contributed by atoms with E-state index in [-0.39, 0.29) is 11.4 Å². The Morgan fingerprint density at radius 3 is 2.21 bits per heavy atom. The summed E-state index contributed by atoms with van der Waals surface area (Å²) in [5.41, 5.74) is 2.20. The second kappa shape index (κ2) is 9.19. The van der Waals surface area contributed by atoms with E-state index in [0.717, 1.165) is 19.3 Å². The summed E-state index contributed by atoms with van der Waals surface area (Å²) in [6.07, 6.45) is 3.00. The van der Waals surface area contributed by atoms with Crippen molar-refractivity contribution in [1.82, 2.24) is 4.90 Å². The molecule has 1 saturated heterocycles. The van der Waals surface area contributed by atoms with Gasteiger partial charge in [0.15, 0.2) is 0 Å². The van der Waals surface area contributed by atoms with Gasteiger partial charge >= 0.3 is 12.1 Å². The number of aryl methyl sites for hydroxylation is 1. The van der Waals surface area contributed by atoms with Gasteiger partial charge < -0.3 is 9.47 Å². The van der Waals surface area contributed by atoms with Gasteiger partial charge in [-0.15, -0.1) is 0 Å². The molecule has 5 nitrogen and oxygen atoms in total. The number of rotatable bonds is 4. The molecule has 29 heavy (non-hydrogen) atoms. The van der Waals surface area contributed by atoms with Gasteiger partial charge in [-0.3, -0.25) is 4.90 Å². The average molecular weight is 404 g/mol. The number of ether oxygens (including phenoxy) is 2. The molecule has 1 heterocycles. The molecule has 1 aliphatic rings. The summed E-state index contributed by atoms with van der Waals surface area (Å²) in [7, 11) is 1.37. The summed E-state index contributed by atoms with van der Waals surface area (Å²) in [4.78, 5) is 26.4. The van der Waals surface area contributed by atoms with Crippen LogP contribution in [0.25, 0.3) is 0 Å². The monoisotopic (exact) mass is 403 g/mol. The third-order valence-electron chi connectivity index (χ3n) is 5.47. The second-order valence-corrected chi connectivity index (χ2v) is 10.1. The van der Waals surface area contributed by atoms with Gasteiger partial charge in [0.05, 0.1) is 7.11 Å². The van der Waals surface area contributed by atoms with Crippen LogP contribution < -0.4 is 0 Å². The summed E-state index contributed by atoms with van der Waals surface area (Å²) in [5.74, 6) is 0.00942. The van der Waals surface area contributed by atoms with Crippen LogP contribution in [0.5, 0.6) is 0 Å². The van der Waals surface area contributed by atoms with Crippen LogP contribution in [0.15, 0.2) is 24.3 Å². The third kappa shape index (κ3) is 6.76. The molecule has 1 aliphatic heterocycles. The molecule has 1 fully saturated rings. The van der Waals surface area contributed by atoms with E-state index in [1.807, 2.05) is 20.8 Å². The van der Waals surface area contributed by atoms with Crippen LogP contribution >= 0.6 is 0 Å². The number of hydrogen-bond donors (Lipinski definition) is 0. The third-order valence-corrected chi connectivity index (χ3v) is 5.47. The fourth-order valence-electron chi connectivity index (χ4n) is 3.74. The van der Waals surface area contributed by atoms with E-state index in [4.69, 9.17) is 9.47 Å². The number of esters is 1. The van der Waals surface area contributed by atoms with E-state index < -0.39 is 17.7 Å². The number of hydrogen-bond acceptors (Lipinski definition) is 4. The van der Waals surface area contributed by atoms with Crippen molar-refractivity contribution in [2.24, 2.45) is 5.92 Å². The Bertz CT molecular complexity index is 697. The Hall–Kier alpha value is -2.04. The lowest BCUT2D eigenvalue weighted by atomic mass is 9.84. The lowest BCUT2D eigenvalue weighted by molar-refractivity contribution is -0.148. The molecule has 1 amide bonds. The van der Waals surface area contributed by atoms with Gasteiger partial charge in [0.1, 0.15) is 11.6 Å². The molecule has 0 spiro atoms. The Balaban J connectivity index is 1.98. The van der Waals surface area contributed by atoms with Crippen molar-refractivity contribution >= 4 is 12.1 Å². The molecule has 2 unspecified atom stereocenters. The van der Waals surface area contributed by atoms with Crippen molar-refractivity contribution in [2.75, 3.05) is 13.7 Å². The van der Waals surface area contributed by atoms with Gasteiger partial charge in [0, 0.05) is 6.54 Å². The van der Waals surface area contributed by atoms with Crippen molar-refractivity contribution in [1.29, 1.82) is 0 Å². The lowest BCUT2D eigenvalue weighted by Gasteiger charge is -2.38. The quantitative estimate of drug-likeness (QED) is 0.656. The van der Waals surface area contributed by atoms with Crippen molar-refractivity contribution in [2.45, 2.75) is 84.3 Å². The first-order chi connectivity index (χ1) is 13.4. The highest BCUT2D eigenvalue weighted by molar-refractivity contribution is 5.81. The van der Waals surface area contributed by atoms with E-state index in [0.29, 0.717) is 18.9 Å². The number of carbonyl (C=O) groups excluding carboxylic acids is 2. The normalized spacial score (nSPS) is 20.3. The van der Waals surface area contributed by atoms with Crippen molar-refractivity contribution in [3.8, 4) is 0 Å². The first kappa shape index (κ1) is 23.2. The molecule has 2 rings (SSSR count). The summed E-state index contributed by atoms with van der Waals surface area (Å²) in [6, 6.07) is 8.24. The SMILES string of the molecule is COC(=O)C1CC(CCc2ccc(C(C)(C)C)cc2)CCN1C(=O)OC(C)(C)C. The summed E-state index contributed by atoms with van der Waals surface area (Å²) < 4.78 is 10.5. The molecule has 0 radical (unpaired) electrons. The molecule has 1 aromatic rings. The minimum absolute atomic E-state index is 0.154. The maximum Gasteiger partial charge on any atom is 0.411 e. The minimum atomic E-state index is -0.589. The van der Waals surface area contributed by atoms with E-state index in [1.165, 1.54) is 23.1 Å². The van der Waals surface area contributed by atoms with Gasteiger partial charge in [0.2, 0.25) is 0 Å². The number of methoxy groups -OCH3 is 1. The molecule has 0 saturated carbocycles. The van der Waals surface area contributed by atoms with E-state index in [9.17, 15) is 9.59 Å². The van der Waals surface area contributed by atoms with Crippen LogP contribution in [0.2, 0.25) is 0 Å². The number of nitrogens with zero attached hydrogens (tertiary/aromatic N) is 1. The number of amides is 1. The second-order valence-electron chi connectivity index (χ2n) is 10.1. The molecule has 1 aromatic carbocycles. The van der Waals surface area contributed by atoms with E-state index in [2.05, 4.69) is 45.0 Å². The van der Waals surface area contributed by atoms with Gasteiger partial charge in [-0.1, -0.05) is 45.0 Å². The Kier molecular flexibility index (Phi) is 7.36. The zero-order valence-corrected chi connectivity index (χ0v) is 19.1. The van der Waals surface area contributed by atoms with Gasteiger partial charge in [-0.25, -0.2) is 9.59 Å². The Morgan fingerprint density at radius 1 is 1.07 bits per heavy atom. The highest BCUT2D eigenvalue weighted by atomic mass is 16.6. The van der Waals surface area contributed by atoms with Crippen molar-refractivity contribution in [3.63, 3.8) is 0 Å². The van der Waals surface area contributed by atoms with E-state index in [1.54, 1.807) is 0 Å². The molecule has 5 heteroatoms. The maximum absolute atomic E-state index is 12.5. The topological polar surface area (TPSA) is 55.8 Å². The van der Waals surface area contributed by atoms with Crippen LogP contribution in [0, 0.1) is 5.92 Å². The molecule has 0 aliphatic carbocycles. The van der Waals surface area contributed by atoms with Crippen LogP contribution in [-0.4, -0.2) is 42.3 Å². The molecular weight excluding hydrogens is 366 g/mol. The lowest BCUT2D eigenvalue weighted by Crippen LogP contribution is -2.52. The van der Waals surface area contributed by atoms with Crippen molar-refractivity contribution in [3.05, 3.63) is 35.4 Å². The zero-order chi connectivity index (χ0) is 21.8. The van der Waals surface area contributed by atoms with Crippen LogP contribution in [-0.2, 0) is 26.1 Å². The van der Waals surface area contributed by atoms with Crippen LogP contribution in [0.3, 0.4) is 0 Å². The predicted molar refractivity (Wildman–Crippen MR) is 115 cm³/mol. The van der Waals surface area contributed by atoms with Crippen molar-refractivity contribution < 1.29 is 19.1 Å². The van der Waals surface area contributed by atoms with Gasteiger partial charge in [0.25, 0.3) is 0 Å². The highest BCUT2D eigenvalue weighted by Gasteiger charge is 2.38. The molecular formula is C24H37NO4.